The van der Waals surface area contributed by atoms with Gasteiger partial charge in [-0.2, -0.15) is 13.2 Å². The predicted octanol–water partition coefficient (Wildman–Crippen LogP) is 4.72. The molecule has 0 spiro atoms. The molecular formula is C23H30ClF3N2O3. The van der Waals surface area contributed by atoms with Gasteiger partial charge in [-0.15, -0.1) is 0 Å². The predicted molar refractivity (Wildman–Crippen MR) is 115 cm³/mol. The molecule has 3 rings (SSSR count). The zero-order valence-electron chi connectivity index (χ0n) is 18.3. The van der Waals surface area contributed by atoms with Crippen molar-refractivity contribution in [1.29, 1.82) is 0 Å². The quantitative estimate of drug-likeness (QED) is 0.415. The van der Waals surface area contributed by atoms with Crippen molar-refractivity contribution in [1.82, 2.24) is 10.2 Å². The summed E-state index contributed by atoms with van der Waals surface area (Å²) in [4.78, 5) is 26.4. The van der Waals surface area contributed by atoms with Gasteiger partial charge in [0.2, 0.25) is 5.91 Å². The second-order valence-electron chi connectivity index (χ2n) is 8.71. The van der Waals surface area contributed by atoms with E-state index in [1.165, 1.54) is 14.0 Å². The largest absolute Gasteiger partial charge is 0.404 e. The van der Waals surface area contributed by atoms with E-state index in [2.05, 4.69) is 5.32 Å². The molecule has 1 aliphatic carbocycles. The number of alkyl halides is 3. The van der Waals surface area contributed by atoms with E-state index in [-0.39, 0.29) is 11.7 Å². The van der Waals surface area contributed by atoms with Crippen LogP contribution in [-0.2, 0) is 20.7 Å². The van der Waals surface area contributed by atoms with Crippen molar-refractivity contribution in [2.24, 2.45) is 11.8 Å². The van der Waals surface area contributed by atoms with Gasteiger partial charge in [-0.05, 0) is 50.2 Å². The molecule has 32 heavy (non-hydrogen) atoms. The minimum absolute atomic E-state index is 0.279. The molecule has 1 aliphatic heterocycles. The normalized spacial score (nSPS) is 24.2. The smallest absolute Gasteiger partial charge is 0.348 e. The van der Waals surface area contributed by atoms with Crippen molar-refractivity contribution in [2.75, 3.05) is 7.11 Å². The van der Waals surface area contributed by atoms with Crippen molar-refractivity contribution in [2.45, 2.75) is 76.5 Å². The molecule has 9 heteroatoms. The summed E-state index contributed by atoms with van der Waals surface area (Å²) in [6.45, 7) is 1.35. The highest BCUT2D eigenvalue weighted by Crippen LogP contribution is 2.38. The Morgan fingerprint density at radius 2 is 1.91 bits per heavy atom. The van der Waals surface area contributed by atoms with Crippen molar-refractivity contribution < 1.29 is 27.5 Å². The van der Waals surface area contributed by atoms with Crippen LogP contribution in [-0.4, -0.2) is 48.3 Å². The molecule has 2 aliphatic rings. The van der Waals surface area contributed by atoms with Crippen LogP contribution in [0.3, 0.4) is 0 Å². The number of nitrogens with one attached hydrogen (secondary N) is 1. The first-order valence-corrected chi connectivity index (χ1v) is 11.4. The zero-order valence-corrected chi connectivity index (χ0v) is 19.1. The van der Waals surface area contributed by atoms with Crippen LogP contribution in [0.25, 0.3) is 0 Å². The van der Waals surface area contributed by atoms with E-state index >= 15 is 0 Å². The zero-order chi connectivity index (χ0) is 23.5. The molecule has 1 amide bonds. The number of nitrogens with zero attached hydrogens (tertiary/aromatic N) is 1. The monoisotopic (exact) mass is 474 g/mol. The summed E-state index contributed by atoms with van der Waals surface area (Å²) in [7, 11) is 1.24. The maximum Gasteiger partial charge on any atom is 0.404 e. The first-order valence-electron chi connectivity index (χ1n) is 11.1. The van der Waals surface area contributed by atoms with E-state index in [1.54, 1.807) is 12.1 Å². The number of β-lactam (4-membered cyclic amide) rings is 1. The number of methoxy groups -OCH3 is 1. The molecule has 1 aromatic carbocycles. The maximum absolute atomic E-state index is 13.9. The lowest BCUT2D eigenvalue weighted by Crippen LogP contribution is -2.72. The van der Waals surface area contributed by atoms with Gasteiger partial charge in [0, 0.05) is 12.1 Å². The van der Waals surface area contributed by atoms with E-state index in [9.17, 15) is 22.8 Å². The Morgan fingerprint density at radius 3 is 2.47 bits per heavy atom. The topological polar surface area (TPSA) is 58.6 Å². The van der Waals surface area contributed by atoms with Crippen LogP contribution in [0.2, 0.25) is 5.02 Å². The van der Waals surface area contributed by atoms with Gasteiger partial charge in [-0.25, -0.2) is 0 Å². The first kappa shape index (κ1) is 25.0. The third-order valence-electron chi connectivity index (χ3n) is 6.62. The van der Waals surface area contributed by atoms with Gasteiger partial charge in [-0.1, -0.05) is 49.1 Å². The van der Waals surface area contributed by atoms with Gasteiger partial charge in [0.15, 0.2) is 12.1 Å². The number of likely N-dealkylation sites (tertiary alicyclic amines) is 1. The summed E-state index contributed by atoms with van der Waals surface area (Å²) >= 11 is 6.18. The highest BCUT2D eigenvalue weighted by molar-refractivity contribution is 6.31. The molecule has 2 fully saturated rings. The van der Waals surface area contributed by atoms with Gasteiger partial charge in [0.1, 0.15) is 12.1 Å². The number of carbonyl (C=O) groups excluding carboxylic acids is 2. The molecule has 1 aromatic rings. The van der Waals surface area contributed by atoms with Crippen LogP contribution >= 0.6 is 11.6 Å². The Kier molecular flexibility index (Phi) is 8.22. The number of Topliss-reactive ketones (excluding diaryl/α,β-unsaturated/α-hetero) is 1. The highest BCUT2D eigenvalue weighted by atomic mass is 35.5. The molecule has 1 heterocycles. The fraction of sp³-hybridized carbons (Fsp3) is 0.652. The van der Waals surface area contributed by atoms with Crippen LogP contribution in [0.4, 0.5) is 13.2 Å². The Morgan fingerprint density at radius 1 is 1.25 bits per heavy atom. The summed E-state index contributed by atoms with van der Waals surface area (Å²) in [5.41, 5.74) is 0.860. The van der Waals surface area contributed by atoms with Gasteiger partial charge in [0.05, 0.1) is 5.92 Å². The average molecular weight is 475 g/mol. The average Bonchev–Trinajstić information content (AvgIpc) is 2.74. The number of rotatable bonds is 9. The summed E-state index contributed by atoms with van der Waals surface area (Å²) in [6.07, 6.45) is -1.56. The molecule has 0 bridgehead atoms. The number of hydrogen-bond acceptors (Lipinski definition) is 4. The fourth-order valence-corrected chi connectivity index (χ4v) is 5.22. The number of benzene rings is 1. The van der Waals surface area contributed by atoms with E-state index in [0.29, 0.717) is 30.7 Å². The molecular weight excluding hydrogens is 445 g/mol. The number of carbonyl (C=O) groups is 2. The highest BCUT2D eigenvalue weighted by Gasteiger charge is 2.54. The molecule has 1 saturated carbocycles. The SMILES string of the molecule is COC(NC(C1CCCCC1)C(F)(F)F)N1C(=O)[C@H](CCc2ccccc2Cl)C1C(C)=O. The van der Waals surface area contributed by atoms with Gasteiger partial charge in [0.25, 0.3) is 0 Å². The van der Waals surface area contributed by atoms with E-state index in [0.717, 1.165) is 29.7 Å². The van der Waals surface area contributed by atoms with Crippen LogP contribution in [0.1, 0.15) is 51.0 Å². The maximum atomic E-state index is 13.9. The van der Waals surface area contributed by atoms with Gasteiger partial charge in [-0.3, -0.25) is 19.8 Å². The van der Waals surface area contributed by atoms with E-state index in [4.69, 9.17) is 16.3 Å². The number of halogens is 4. The van der Waals surface area contributed by atoms with Crippen LogP contribution < -0.4 is 5.32 Å². The first-order chi connectivity index (χ1) is 15.1. The molecule has 0 aromatic heterocycles. The van der Waals surface area contributed by atoms with Crippen molar-refractivity contribution in [3.8, 4) is 0 Å². The fourth-order valence-electron chi connectivity index (χ4n) is 4.99. The Bertz CT molecular complexity index is 814. The summed E-state index contributed by atoms with van der Waals surface area (Å²) in [6, 6.07) is 4.62. The molecule has 178 valence electrons. The number of ketones is 1. The second-order valence-corrected chi connectivity index (χ2v) is 9.12. The minimum atomic E-state index is -4.48. The molecule has 1 saturated heterocycles. The Balaban J connectivity index is 1.73. The summed E-state index contributed by atoms with van der Waals surface area (Å²) in [5.74, 6) is -1.85. The third kappa shape index (κ3) is 5.46. The van der Waals surface area contributed by atoms with Crippen molar-refractivity contribution >= 4 is 23.3 Å². The number of amides is 1. The minimum Gasteiger partial charge on any atom is -0.348 e. The molecule has 5 nitrogen and oxygen atoms in total. The standard InChI is InChI=1S/C23H30ClF3N2O3/c1-14(30)19-17(13-12-15-8-6-7-11-18(15)24)21(31)29(19)22(32-2)28-20(23(25,26)27)16-9-4-3-5-10-16/h6-8,11,16-17,19-20,22,28H,3-5,9-10,12-13H2,1-2H3/t17-,19?,20?,22?/m1/s1. The molecule has 3 unspecified atom stereocenters. The molecule has 0 radical (unpaired) electrons. The van der Waals surface area contributed by atoms with Gasteiger partial charge >= 0.3 is 6.18 Å². The van der Waals surface area contributed by atoms with Crippen LogP contribution in [0.5, 0.6) is 0 Å². The second kappa shape index (κ2) is 10.5. The number of hydrogen-bond donors (Lipinski definition) is 1. The lowest BCUT2D eigenvalue weighted by molar-refractivity contribution is -0.210. The Labute approximate surface area is 191 Å². The summed E-state index contributed by atoms with van der Waals surface area (Å²) in [5, 5.41) is 3.09. The van der Waals surface area contributed by atoms with Gasteiger partial charge < -0.3 is 4.74 Å². The Hall–Kier alpha value is -1.64. The lowest BCUT2D eigenvalue weighted by Gasteiger charge is -2.50. The number of ether oxygens (including phenoxy) is 1. The molecule has 4 atom stereocenters. The van der Waals surface area contributed by atoms with Crippen LogP contribution in [0, 0.1) is 11.8 Å². The van der Waals surface area contributed by atoms with Crippen molar-refractivity contribution in [3.05, 3.63) is 34.9 Å². The summed E-state index contributed by atoms with van der Waals surface area (Å²) < 4.78 is 46.9. The van der Waals surface area contributed by atoms with E-state index in [1.807, 2.05) is 12.1 Å². The van der Waals surface area contributed by atoms with E-state index < -0.39 is 36.4 Å². The number of aryl methyl sites for hydroxylation is 1. The van der Waals surface area contributed by atoms with Crippen LogP contribution in [0.15, 0.2) is 24.3 Å². The van der Waals surface area contributed by atoms with Crippen molar-refractivity contribution in [3.63, 3.8) is 0 Å². The third-order valence-corrected chi connectivity index (χ3v) is 6.99. The lowest BCUT2D eigenvalue weighted by atomic mass is 9.80. The molecule has 1 N–H and O–H groups in total.